The standard InChI is InChI=1S/C8H11N3O/c1-4-10-7-5(8(12)11-4)2-3-6(7)9/h6H,2-3,9H2,1H3,(H,10,11,12). The first-order valence-corrected chi connectivity index (χ1v) is 4.04. The van der Waals surface area contributed by atoms with Gasteiger partial charge in [0.1, 0.15) is 5.82 Å². The molecule has 4 heteroatoms. The molecule has 1 aliphatic rings. The maximum absolute atomic E-state index is 11.3. The number of aryl methyl sites for hydroxylation is 1. The lowest BCUT2D eigenvalue weighted by Gasteiger charge is -2.02. The third-order valence-corrected chi connectivity index (χ3v) is 2.22. The van der Waals surface area contributed by atoms with Crippen molar-refractivity contribution in [3.63, 3.8) is 0 Å². The highest BCUT2D eigenvalue weighted by atomic mass is 16.1. The van der Waals surface area contributed by atoms with Crippen LogP contribution in [0.25, 0.3) is 0 Å². The Bertz CT molecular complexity index is 369. The van der Waals surface area contributed by atoms with E-state index in [1.54, 1.807) is 6.92 Å². The Kier molecular flexibility index (Phi) is 1.51. The van der Waals surface area contributed by atoms with Crippen LogP contribution in [0.3, 0.4) is 0 Å². The molecule has 0 aromatic carbocycles. The van der Waals surface area contributed by atoms with Crippen molar-refractivity contribution in [2.24, 2.45) is 5.73 Å². The van der Waals surface area contributed by atoms with Crippen molar-refractivity contribution in [1.29, 1.82) is 0 Å². The number of H-pyrrole nitrogens is 1. The van der Waals surface area contributed by atoms with Crippen LogP contribution in [0.5, 0.6) is 0 Å². The molecule has 0 bridgehead atoms. The summed E-state index contributed by atoms with van der Waals surface area (Å²) in [5, 5.41) is 0. The molecule has 0 amide bonds. The van der Waals surface area contributed by atoms with Gasteiger partial charge in [-0.1, -0.05) is 0 Å². The molecule has 12 heavy (non-hydrogen) atoms. The Hall–Kier alpha value is -1.16. The molecule has 3 N–H and O–H groups in total. The van der Waals surface area contributed by atoms with Gasteiger partial charge in [0.25, 0.3) is 5.56 Å². The lowest BCUT2D eigenvalue weighted by atomic mass is 10.2. The van der Waals surface area contributed by atoms with Gasteiger partial charge >= 0.3 is 0 Å². The van der Waals surface area contributed by atoms with Gasteiger partial charge in [-0.2, -0.15) is 0 Å². The van der Waals surface area contributed by atoms with Crippen LogP contribution < -0.4 is 11.3 Å². The Morgan fingerprint density at radius 2 is 2.42 bits per heavy atom. The zero-order chi connectivity index (χ0) is 8.72. The lowest BCUT2D eigenvalue weighted by Crippen LogP contribution is -2.17. The van der Waals surface area contributed by atoms with E-state index in [2.05, 4.69) is 9.97 Å². The van der Waals surface area contributed by atoms with E-state index in [9.17, 15) is 4.79 Å². The highest BCUT2D eigenvalue weighted by molar-refractivity contribution is 5.25. The number of rotatable bonds is 0. The van der Waals surface area contributed by atoms with E-state index in [1.165, 1.54) is 0 Å². The fraction of sp³-hybridized carbons (Fsp3) is 0.500. The van der Waals surface area contributed by atoms with Crippen LogP contribution in [0, 0.1) is 6.92 Å². The molecule has 0 fully saturated rings. The van der Waals surface area contributed by atoms with Crippen LogP contribution in [0.1, 0.15) is 29.5 Å². The first-order valence-electron chi connectivity index (χ1n) is 4.04. The number of aromatic nitrogens is 2. The second-order valence-corrected chi connectivity index (χ2v) is 3.16. The van der Waals surface area contributed by atoms with Gasteiger partial charge in [-0.25, -0.2) is 4.98 Å². The summed E-state index contributed by atoms with van der Waals surface area (Å²) in [4.78, 5) is 18.2. The summed E-state index contributed by atoms with van der Waals surface area (Å²) in [6.07, 6.45) is 1.61. The number of hydrogen-bond acceptors (Lipinski definition) is 3. The zero-order valence-corrected chi connectivity index (χ0v) is 6.92. The molecule has 0 radical (unpaired) electrons. The molecule has 0 saturated carbocycles. The van der Waals surface area contributed by atoms with Crippen molar-refractivity contribution in [1.82, 2.24) is 9.97 Å². The fourth-order valence-electron chi connectivity index (χ4n) is 1.62. The predicted octanol–water partition coefficient (Wildman–Crippen LogP) is 0.0243. The van der Waals surface area contributed by atoms with E-state index >= 15 is 0 Å². The van der Waals surface area contributed by atoms with Crippen molar-refractivity contribution < 1.29 is 0 Å². The minimum Gasteiger partial charge on any atom is -0.323 e. The quantitative estimate of drug-likeness (QED) is 0.569. The normalized spacial score (nSPS) is 21.0. The number of nitrogens with two attached hydrogens (primary N) is 1. The smallest absolute Gasteiger partial charge is 0.254 e. The van der Waals surface area contributed by atoms with Gasteiger partial charge in [-0.3, -0.25) is 4.79 Å². The molecule has 1 aromatic rings. The van der Waals surface area contributed by atoms with Gasteiger partial charge in [0, 0.05) is 11.6 Å². The average Bonchev–Trinajstić information content (AvgIpc) is 2.33. The highest BCUT2D eigenvalue weighted by Gasteiger charge is 2.23. The first-order chi connectivity index (χ1) is 5.68. The van der Waals surface area contributed by atoms with Crippen LogP contribution >= 0.6 is 0 Å². The monoisotopic (exact) mass is 165 g/mol. The Balaban J connectivity index is 2.68. The van der Waals surface area contributed by atoms with Crippen LogP contribution in [-0.4, -0.2) is 9.97 Å². The van der Waals surface area contributed by atoms with Crippen LogP contribution in [0.15, 0.2) is 4.79 Å². The number of nitrogens with one attached hydrogen (secondary N) is 1. The van der Waals surface area contributed by atoms with E-state index in [1.807, 2.05) is 0 Å². The maximum Gasteiger partial charge on any atom is 0.254 e. The molecule has 1 heterocycles. The van der Waals surface area contributed by atoms with Crippen molar-refractivity contribution in [3.8, 4) is 0 Å². The van der Waals surface area contributed by atoms with Crippen molar-refractivity contribution >= 4 is 0 Å². The Labute approximate surface area is 69.8 Å². The minimum atomic E-state index is -0.0407. The maximum atomic E-state index is 11.3. The summed E-state index contributed by atoms with van der Waals surface area (Å²) in [5.74, 6) is 0.649. The molecule has 0 aliphatic heterocycles. The molecule has 0 spiro atoms. The highest BCUT2D eigenvalue weighted by Crippen LogP contribution is 2.23. The molecule has 1 aromatic heterocycles. The third kappa shape index (κ3) is 0.956. The van der Waals surface area contributed by atoms with Crippen LogP contribution in [0.2, 0.25) is 0 Å². The van der Waals surface area contributed by atoms with Gasteiger partial charge in [0.15, 0.2) is 0 Å². The van der Waals surface area contributed by atoms with Gasteiger partial charge in [-0.05, 0) is 19.8 Å². The lowest BCUT2D eigenvalue weighted by molar-refractivity contribution is 0.694. The summed E-state index contributed by atoms with van der Waals surface area (Å²) >= 11 is 0. The van der Waals surface area contributed by atoms with Gasteiger partial charge in [0.2, 0.25) is 0 Å². The Morgan fingerprint density at radius 3 is 3.17 bits per heavy atom. The molecular formula is C8H11N3O. The van der Waals surface area contributed by atoms with E-state index < -0.39 is 0 Å². The predicted molar refractivity (Wildman–Crippen MR) is 44.8 cm³/mol. The number of fused-ring (bicyclic) bond motifs is 1. The van der Waals surface area contributed by atoms with Gasteiger partial charge in [-0.15, -0.1) is 0 Å². The van der Waals surface area contributed by atoms with E-state index in [0.29, 0.717) is 5.82 Å². The van der Waals surface area contributed by atoms with E-state index in [-0.39, 0.29) is 11.6 Å². The number of nitrogens with zero attached hydrogens (tertiary/aromatic N) is 1. The minimum absolute atomic E-state index is 0.0227. The summed E-state index contributed by atoms with van der Waals surface area (Å²) < 4.78 is 0. The summed E-state index contributed by atoms with van der Waals surface area (Å²) in [6, 6.07) is -0.0407. The molecule has 4 nitrogen and oxygen atoms in total. The second kappa shape index (κ2) is 2.42. The molecule has 64 valence electrons. The van der Waals surface area contributed by atoms with E-state index in [4.69, 9.17) is 5.73 Å². The summed E-state index contributed by atoms with van der Waals surface area (Å²) in [7, 11) is 0. The van der Waals surface area contributed by atoms with Crippen LogP contribution in [0.4, 0.5) is 0 Å². The second-order valence-electron chi connectivity index (χ2n) is 3.16. The molecule has 1 atom stereocenters. The van der Waals surface area contributed by atoms with Crippen molar-refractivity contribution in [2.45, 2.75) is 25.8 Å². The number of aromatic amines is 1. The number of hydrogen-bond donors (Lipinski definition) is 2. The van der Waals surface area contributed by atoms with E-state index in [0.717, 1.165) is 24.1 Å². The molecule has 2 rings (SSSR count). The SMILES string of the molecule is Cc1nc2c(c(=O)[nH]1)CCC2N. The molecular weight excluding hydrogens is 154 g/mol. The first kappa shape index (κ1) is 7.49. The topological polar surface area (TPSA) is 71.8 Å². The van der Waals surface area contributed by atoms with Gasteiger partial charge < -0.3 is 10.7 Å². The molecule has 0 saturated heterocycles. The van der Waals surface area contributed by atoms with Crippen molar-refractivity contribution in [2.75, 3.05) is 0 Å². The summed E-state index contributed by atoms with van der Waals surface area (Å²) in [6.45, 7) is 1.77. The fourth-order valence-corrected chi connectivity index (χ4v) is 1.62. The van der Waals surface area contributed by atoms with Crippen molar-refractivity contribution in [3.05, 3.63) is 27.4 Å². The summed E-state index contributed by atoms with van der Waals surface area (Å²) in [5.41, 5.74) is 7.31. The molecule has 1 unspecified atom stereocenters. The van der Waals surface area contributed by atoms with Gasteiger partial charge in [0.05, 0.1) is 5.69 Å². The molecule has 1 aliphatic carbocycles. The zero-order valence-electron chi connectivity index (χ0n) is 6.92. The van der Waals surface area contributed by atoms with Crippen LogP contribution in [-0.2, 0) is 6.42 Å². The third-order valence-electron chi connectivity index (χ3n) is 2.22. The Morgan fingerprint density at radius 1 is 1.67 bits per heavy atom. The average molecular weight is 165 g/mol. The largest absolute Gasteiger partial charge is 0.323 e.